The highest BCUT2D eigenvalue weighted by Crippen LogP contribution is 2.28. The van der Waals surface area contributed by atoms with E-state index in [0.29, 0.717) is 33.2 Å². The van der Waals surface area contributed by atoms with Crippen LogP contribution in [0.5, 0.6) is 0 Å². The number of rotatable bonds is 5. The number of anilines is 1. The van der Waals surface area contributed by atoms with E-state index in [1.807, 2.05) is 6.07 Å². The quantitative estimate of drug-likeness (QED) is 0.556. The Labute approximate surface area is 140 Å². The van der Waals surface area contributed by atoms with Crippen LogP contribution in [0.25, 0.3) is 0 Å². The van der Waals surface area contributed by atoms with Crippen LogP contribution in [0, 0.1) is 10.1 Å². The van der Waals surface area contributed by atoms with Gasteiger partial charge in [0.1, 0.15) is 5.69 Å². The minimum Gasteiger partial charge on any atom is -0.379 e. The fraction of sp³-hybridized carbons (Fsp3) is 0.143. The van der Waals surface area contributed by atoms with Crippen molar-refractivity contribution in [1.82, 2.24) is 0 Å². The van der Waals surface area contributed by atoms with E-state index in [1.165, 1.54) is 6.07 Å². The topological polar surface area (TPSA) is 55.2 Å². The van der Waals surface area contributed by atoms with Gasteiger partial charge in [0, 0.05) is 27.1 Å². The third-order valence-corrected chi connectivity index (χ3v) is 3.96. The van der Waals surface area contributed by atoms with Gasteiger partial charge in [0.15, 0.2) is 0 Å². The summed E-state index contributed by atoms with van der Waals surface area (Å²) in [5.74, 6) is 0. The molecule has 21 heavy (non-hydrogen) atoms. The van der Waals surface area contributed by atoms with Crippen LogP contribution in [0.4, 0.5) is 11.4 Å². The predicted octanol–water partition coefficient (Wildman–Crippen LogP) is 5.32. The van der Waals surface area contributed by atoms with Crippen molar-refractivity contribution in [1.29, 1.82) is 0 Å². The van der Waals surface area contributed by atoms with Gasteiger partial charge < -0.3 is 5.32 Å². The van der Waals surface area contributed by atoms with Gasteiger partial charge in [-0.15, -0.1) is 0 Å². The highest BCUT2D eigenvalue weighted by molar-refractivity contribution is 9.10. The van der Waals surface area contributed by atoms with Crippen LogP contribution in [0.2, 0.25) is 10.0 Å². The first-order valence-electron chi connectivity index (χ1n) is 6.09. The molecule has 0 amide bonds. The van der Waals surface area contributed by atoms with Crippen molar-refractivity contribution in [3.05, 3.63) is 66.6 Å². The summed E-state index contributed by atoms with van der Waals surface area (Å²) in [7, 11) is 0. The maximum Gasteiger partial charge on any atom is 0.293 e. The van der Waals surface area contributed by atoms with Crippen molar-refractivity contribution in [2.24, 2.45) is 0 Å². The Morgan fingerprint density at radius 2 is 1.95 bits per heavy atom. The Morgan fingerprint density at radius 1 is 1.19 bits per heavy atom. The molecule has 2 rings (SSSR count). The standard InChI is InChI=1S/C14H11BrCl2N2O2/c15-10-2-4-13(14(7-10)19(20)21)18-6-5-9-1-3-11(16)8-12(9)17/h1-4,7-8,18H,5-6H2. The van der Waals surface area contributed by atoms with Gasteiger partial charge in [0.2, 0.25) is 0 Å². The van der Waals surface area contributed by atoms with E-state index in [0.717, 1.165) is 5.56 Å². The van der Waals surface area contributed by atoms with Gasteiger partial charge in [-0.2, -0.15) is 0 Å². The molecule has 0 saturated heterocycles. The molecular weight excluding hydrogens is 379 g/mol. The van der Waals surface area contributed by atoms with Crippen molar-refractivity contribution in [3.63, 3.8) is 0 Å². The summed E-state index contributed by atoms with van der Waals surface area (Å²) >= 11 is 15.1. The van der Waals surface area contributed by atoms with Crippen LogP contribution in [0.3, 0.4) is 0 Å². The maximum atomic E-state index is 11.0. The van der Waals surface area contributed by atoms with Crippen molar-refractivity contribution in [2.75, 3.05) is 11.9 Å². The monoisotopic (exact) mass is 388 g/mol. The summed E-state index contributed by atoms with van der Waals surface area (Å²) in [5.41, 5.74) is 1.45. The first-order valence-corrected chi connectivity index (χ1v) is 7.64. The number of nitro groups is 1. The van der Waals surface area contributed by atoms with Crippen LogP contribution in [-0.4, -0.2) is 11.5 Å². The molecule has 0 radical (unpaired) electrons. The lowest BCUT2D eigenvalue weighted by atomic mass is 10.1. The number of hydrogen-bond acceptors (Lipinski definition) is 3. The molecule has 2 aromatic carbocycles. The van der Waals surface area contributed by atoms with Crippen molar-refractivity contribution in [3.8, 4) is 0 Å². The van der Waals surface area contributed by atoms with Crippen LogP contribution in [0.15, 0.2) is 40.9 Å². The van der Waals surface area contributed by atoms with E-state index in [2.05, 4.69) is 21.2 Å². The molecule has 0 heterocycles. The first-order chi connectivity index (χ1) is 9.97. The molecule has 0 aliphatic carbocycles. The van der Waals surface area contributed by atoms with Gasteiger partial charge in [0.25, 0.3) is 5.69 Å². The van der Waals surface area contributed by atoms with E-state index >= 15 is 0 Å². The fourth-order valence-electron chi connectivity index (χ4n) is 1.86. The largest absolute Gasteiger partial charge is 0.379 e. The summed E-state index contributed by atoms with van der Waals surface area (Å²) < 4.78 is 0.667. The SMILES string of the molecule is O=[N+]([O-])c1cc(Br)ccc1NCCc1ccc(Cl)cc1Cl. The molecular formula is C14H11BrCl2N2O2. The molecule has 7 heteroatoms. The van der Waals surface area contributed by atoms with E-state index in [4.69, 9.17) is 23.2 Å². The molecule has 4 nitrogen and oxygen atoms in total. The van der Waals surface area contributed by atoms with E-state index in [1.54, 1.807) is 24.3 Å². The third kappa shape index (κ3) is 4.33. The third-order valence-electron chi connectivity index (χ3n) is 2.88. The van der Waals surface area contributed by atoms with Gasteiger partial charge in [-0.05, 0) is 36.2 Å². The van der Waals surface area contributed by atoms with Crippen molar-refractivity contribution in [2.45, 2.75) is 6.42 Å². The minimum atomic E-state index is -0.414. The Morgan fingerprint density at radius 3 is 2.62 bits per heavy atom. The molecule has 110 valence electrons. The van der Waals surface area contributed by atoms with E-state index < -0.39 is 4.92 Å². The van der Waals surface area contributed by atoms with E-state index in [9.17, 15) is 10.1 Å². The second kappa shape index (κ2) is 7.11. The minimum absolute atomic E-state index is 0.0339. The van der Waals surface area contributed by atoms with Crippen LogP contribution in [0.1, 0.15) is 5.56 Å². The molecule has 0 bridgehead atoms. The summed E-state index contributed by atoms with van der Waals surface area (Å²) in [6, 6.07) is 10.2. The predicted molar refractivity (Wildman–Crippen MR) is 89.5 cm³/mol. The Hall–Kier alpha value is -1.30. The van der Waals surface area contributed by atoms with Gasteiger partial charge in [-0.1, -0.05) is 45.2 Å². The summed E-state index contributed by atoms with van der Waals surface area (Å²) in [6.45, 7) is 0.532. The van der Waals surface area contributed by atoms with Crippen molar-refractivity contribution >= 4 is 50.5 Å². The fourth-order valence-corrected chi connectivity index (χ4v) is 2.71. The molecule has 0 fully saturated rings. The Bertz CT molecular complexity index is 680. The summed E-state index contributed by atoms with van der Waals surface area (Å²) in [6.07, 6.45) is 0.642. The van der Waals surface area contributed by atoms with Crippen LogP contribution in [-0.2, 0) is 6.42 Å². The average Bonchev–Trinajstić information content (AvgIpc) is 2.42. The van der Waals surface area contributed by atoms with Crippen LogP contribution >= 0.6 is 39.1 Å². The average molecular weight is 390 g/mol. The lowest BCUT2D eigenvalue weighted by Crippen LogP contribution is -2.07. The molecule has 0 aliphatic rings. The number of nitro benzene ring substituents is 1. The second-order valence-corrected chi connectivity index (χ2v) is 6.09. The zero-order chi connectivity index (χ0) is 15.4. The normalized spacial score (nSPS) is 10.4. The highest BCUT2D eigenvalue weighted by Gasteiger charge is 2.13. The molecule has 0 atom stereocenters. The molecule has 0 saturated carbocycles. The number of hydrogen-bond donors (Lipinski definition) is 1. The smallest absolute Gasteiger partial charge is 0.293 e. The molecule has 0 aromatic heterocycles. The van der Waals surface area contributed by atoms with Gasteiger partial charge in [-0.25, -0.2) is 0 Å². The highest BCUT2D eigenvalue weighted by atomic mass is 79.9. The second-order valence-electron chi connectivity index (χ2n) is 4.33. The molecule has 0 aliphatic heterocycles. The maximum absolute atomic E-state index is 11.0. The number of nitrogens with one attached hydrogen (secondary N) is 1. The molecule has 1 N–H and O–H groups in total. The summed E-state index contributed by atoms with van der Waals surface area (Å²) in [5, 5.41) is 15.2. The van der Waals surface area contributed by atoms with Crippen molar-refractivity contribution < 1.29 is 4.92 Å². The lowest BCUT2D eigenvalue weighted by Gasteiger charge is -2.09. The number of halogens is 3. The van der Waals surface area contributed by atoms with E-state index in [-0.39, 0.29) is 5.69 Å². The van der Waals surface area contributed by atoms with Gasteiger partial charge >= 0.3 is 0 Å². The van der Waals surface area contributed by atoms with Gasteiger partial charge in [0.05, 0.1) is 4.92 Å². The van der Waals surface area contributed by atoms with Crippen LogP contribution < -0.4 is 5.32 Å². The molecule has 2 aromatic rings. The Kier molecular flexibility index (Phi) is 5.45. The number of nitrogens with zero attached hydrogens (tertiary/aromatic N) is 1. The zero-order valence-corrected chi connectivity index (χ0v) is 13.9. The Balaban J connectivity index is 2.05. The number of benzene rings is 2. The lowest BCUT2D eigenvalue weighted by molar-refractivity contribution is -0.384. The molecule has 0 spiro atoms. The zero-order valence-electron chi connectivity index (χ0n) is 10.8. The first kappa shape index (κ1) is 16.1. The van der Waals surface area contributed by atoms with Gasteiger partial charge in [-0.3, -0.25) is 10.1 Å². The summed E-state index contributed by atoms with van der Waals surface area (Å²) in [4.78, 5) is 10.6. The molecule has 0 unspecified atom stereocenters.